The molecule has 0 aliphatic carbocycles. The predicted octanol–water partition coefficient (Wildman–Crippen LogP) is 1.49. The maximum absolute atomic E-state index is 12.3. The van der Waals surface area contributed by atoms with Gasteiger partial charge in [-0.2, -0.15) is 0 Å². The van der Waals surface area contributed by atoms with Crippen LogP contribution in [0, 0.1) is 13.8 Å². The molecule has 21 heavy (non-hydrogen) atoms. The van der Waals surface area contributed by atoms with Gasteiger partial charge in [0.15, 0.2) is 5.78 Å². The third-order valence-corrected chi connectivity index (χ3v) is 4.08. The topological polar surface area (TPSA) is 43.8 Å². The number of aliphatic hydroxyl groups is 1. The highest BCUT2D eigenvalue weighted by molar-refractivity contribution is 5.96. The molecule has 0 bridgehead atoms. The first kappa shape index (κ1) is 16.1. The molecular weight excluding hydrogens is 264 g/mol. The van der Waals surface area contributed by atoms with Crippen molar-refractivity contribution < 1.29 is 9.90 Å². The second-order valence-corrected chi connectivity index (χ2v) is 5.96. The molecule has 1 heterocycles. The standard InChI is InChI=1S/C17H26N2O2/c1-14-11-15(2)13-16(12-14)17(21)3-4-18-5-7-19(8-6-18)9-10-20/h11-13,20H,3-10H2,1-2H3. The lowest BCUT2D eigenvalue weighted by Crippen LogP contribution is -2.47. The second kappa shape index (κ2) is 7.69. The molecule has 2 rings (SSSR count). The fourth-order valence-corrected chi connectivity index (χ4v) is 2.92. The molecule has 0 radical (unpaired) electrons. The Kier molecular flexibility index (Phi) is 5.91. The van der Waals surface area contributed by atoms with Crippen molar-refractivity contribution in [1.82, 2.24) is 9.80 Å². The van der Waals surface area contributed by atoms with Crippen molar-refractivity contribution in [2.75, 3.05) is 45.9 Å². The summed E-state index contributed by atoms with van der Waals surface area (Å²) in [7, 11) is 0. The lowest BCUT2D eigenvalue weighted by molar-refractivity contribution is 0.0907. The summed E-state index contributed by atoms with van der Waals surface area (Å²) in [5, 5.41) is 8.93. The quantitative estimate of drug-likeness (QED) is 0.806. The summed E-state index contributed by atoms with van der Waals surface area (Å²) in [4.78, 5) is 16.9. The van der Waals surface area contributed by atoms with Crippen LogP contribution in [0.5, 0.6) is 0 Å². The SMILES string of the molecule is Cc1cc(C)cc(C(=O)CCN2CCN(CCO)CC2)c1. The minimum atomic E-state index is 0.227. The van der Waals surface area contributed by atoms with Crippen LogP contribution >= 0.6 is 0 Å². The summed E-state index contributed by atoms with van der Waals surface area (Å²) in [6.07, 6.45) is 0.586. The Bertz CT molecular complexity index is 459. The number of aliphatic hydroxyl groups excluding tert-OH is 1. The lowest BCUT2D eigenvalue weighted by atomic mass is 10.0. The van der Waals surface area contributed by atoms with E-state index in [1.807, 2.05) is 26.0 Å². The molecule has 4 heteroatoms. The fraction of sp³-hybridized carbons (Fsp3) is 0.588. The molecule has 1 aliphatic rings. The van der Waals surface area contributed by atoms with Crippen molar-refractivity contribution in [2.24, 2.45) is 0 Å². The van der Waals surface area contributed by atoms with Crippen molar-refractivity contribution in [3.8, 4) is 0 Å². The zero-order valence-electron chi connectivity index (χ0n) is 13.1. The van der Waals surface area contributed by atoms with Gasteiger partial charge in [0.25, 0.3) is 0 Å². The normalized spacial score (nSPS) is 17.1. The van der Waals surface area contributed by atoms with Gasteiger partial charge in [0, 0.05) is 51.3 Å². The third-order valence-electron chi connectivity index (χ3n) is 4.08. The van der Waals surface area contributed by atoms with E-state index in [2.05, 4.69) is 15.9 Å². The molecule has 1 aliphatic heterocycles. The van der Waals surface area contributed by atoms with Gasteiger partial charge >= 0.3 is 0 Å². The number of nitrogens with zero attached hydrogens (tertiary/aromatic N) is 2. The van der Waals surface area contributed by atoms with Gasteiger partial charge in [-0.15, -0.1) is 0 Å². The minimum absolute atomic E-state index is 0.227. The monoisotopic (exact) mass is 290 g/mol. The highest BCUT2D eigenvalue weighted by Crippen LogP contribution is 2.12. The first-order chi connectivity index (χ1) is 10.1. The van der Waals surface area contributed by atoms with E-state index in [9.17, 15) is 4.79 Å². The number of rotatable bonds is 6. The number of piperazine rings is 1. The van der Waals surface area contributed by atoms with Crippen LogP contribution in [-0.4, -0.2) is 66.6 Å². The Morgan fingerprint density at radius 1 is 1.00 bits per heavy atom. The van der Waals surface area contributed by atoms with Crippen molar-refractivity contribution in [3.63, 3.8) is 0 Å². The number of aryl methyl sites for hydroxylation is 2. The van der Waals surface area contributed by atoms with Gasteiger partial charge in [-0.05, 0) is 26.0 Å². The van der Waals surface area contributed by atoms with E-state index in [4.69, 9.17) is 5.11 Å². The number of hydrogen-bond acceptors (Lipinski definition) is 4. The number of ketones is 1. The maximum Gasteiger partial charge on any atom is 0.164 e. The van der Waals surface area contributed by atoms with Gasteiger partial charge < -0.3 is 10.0 Å². The zero-order chi connectivity index (χ0) is 15.2. The molecule has 0 aromatic heterocycles. The first-order valence-corrected chi connectivity index (χ1v) is 7.75. The molecule has 1 aromatic rings. The van der Waals surface area contributed by atoms with Crippen LogP contribution in [0.25, 0.3) is 0 Å². The van der Waals surface area contributed by atoms with Gasteiger partial charge in [0.2, 0.25) is 0 Å². The van der Waals surface area contributed by atoms with E-state index in [0.717, 1.165) is 56.0 Å². The van der Waals surface area contributed by atoms with Crippen molar-refractivity contribution in [1.29, 1.82) is 0 Å². The third kappa shape index (κ3) is 4.92. The summed E-state index contributed by atoms with van der Waals surface area (Å²) >= 11 is 0. The highest BCUT2D eigenvalue weighted by Gasteiger charge is 2.17. The Morgan fingerprint density at radius 3 is 2.05 bits per heavy atom. The second-order valence-electron chi connectivity index (χ2n) is 5.96. The van der Waals surface area contributed by atoms with E-state index in [1.54, 1.807) is 0 Å². The van der Waals surface area contributed by atoms with Crippen LogP contribution in [0.15, 0.2) is 18.2 Å². The van der Waals surface area contributed by atoms with E-state index in [-0.39, 0.29) is 12.4 Å². The molecule has 4 nitrogen and oxygen atoms in total. The molecule has 0 amide bonds. The number of benzene rings is 1. The fourth-order valence-electron chi connectivity index (χ4n) is 2.92. The maximum atomic E-state index is 12.3. The van der Waals surface area contributed by atoms with Gasteiger partial charge in [-0.25, -0.2) is 0 Å². The number of carbonyl (C=O) groups is 1. The number of hydrogen-bond donors (Lipinski definition) is 1. The molecule has 0 spiro atoms. The molecule has 0 saturated carbocycles. The minimum Gasteiger partial charge on any atom is -0.395 e. The summed E-state index contributed by atoms with van der Waals surface area (Å²) < 4.78 is 0. The Labute approximate surface area is 127 Å². The zero-order valence-corrected chi connectivity index (χ0v) is 13.1. The Morgan fingerprint density at radius 2 is 1.52 bits per heavy atom. The van der Waals surface area contributed by atoms with Gasteiger partial charge in [0.05, 0.1) is 6.61 Å². The largest absolute Gasteiger partial charge is 0.395 e. The summed E-state index contributed by atoms with van der Waals surface area (Å²) in [5.74, 6) is 0.236. The average Bonchev–Trinajstić information content (AvgIpc) is 2.45. The first-order valence-electron chi connectivity index (χ1n) is 7.75. The van der Waals surface area contributed by atoms with Crippen LogP contribution in [0.1, 0.15) is 27.9 Å². The average molecular weight is 290 g/mol. The van der Waals surface area contributed by atoms with Crippen molar-refractivity contribution in [3.05, 3.63) is 34.9 Å². The van der Waals surface area contributed by atoms with E-state index in [0.29, 0.717) is 6.42 Å². The molecule has 1 N–H and O–H groups in total. The molecule has 1 aromatic carbocycles. The van der Waals surface area contributed by atoms with Gasteiger partial charge in [-0.1, -0.05) is 17.2 Å². The van der Waals surface area contributed by atoms with Crippen LogP contribution in [0.3, 0.4) is 0 Å². The smallest absolute Gasteiger partial charge is 0.164 e. The highest BCUT2D eigenvalue weighted by atomic mass is 16.3. The number of Topliss-reactive ketones (excluding diaryl/α,β-unsaturated/α-hetero) is 1. The van der Waals surface area contributed by atoms with Crippen LogP contribution in [-0.2, 0) is 0 Å². The van der Waals surface area contributed by atoms with Gasteiger partial charge in [0.1, 0.15) is 0 Å². The number of carbonyl (C=O) groups excluding carboxylic acids is 1. The Balaban J connectivity index is 1.79. The molecule has 0 unspecified atom stereocenters. The van der Waals surface area contributed by atoms with E-state index < -0.39 is 0 Å². The molecule has 0 atom stereocenters. The number of β-amino-alcohol motifs (C(OH)–C–C–N with tert-alkyl or cyclic N) is 1. The van der Waals surface area contributed by atoms with Crippen molar-refractivity contribution >= 4 is 5.78 Å². The molecule has 1 saturated heterocycles. The van der Waals surface area contributed by atoms with Crippen LogP contribution in [0.4, 0.5) is 0 Å². The van der Waals surface area contributed by atoms with Gasteiger partial charge in [-0.3, -0.25) is 9.69 Å². The summed E-state index contributed by atoms with van der Waals surface area (Å²) in [5.41, 5.74) is 3.14. The summed E-state index contributed by atoms with van der Waals surface area (Å²) in [6, 6.07) is 6.06. The van der Waals surface area contributed by atoms with E-state index >= 15 is 0 Å². The van der Waals surface area contributed by atoms with Crippen LogP contribution in [0.2, 0.25) is 0 Å². The lowest BCUT2D eigenvalue weighted by Gasteiger charge is -2.34. The molecule has 116 valence electrons. The predicted molar refractivity (Wildman–Crippen MR) is 84.8 cm³/mol. The summed E-state index contributed by atoms with van der Waals surface area (Å²) in [6.45, 7) is 9.82. The van der Waals surface area contributed by atoms with E-state index in [1.165, 1.54) is 0 Å². The van der Waals surface area contributed by atoms with Crippen molar-refractivity contribution in [2.45, 2.75) is 20.3 Å². The molecular formula is C17H26N2O2. The Hall–Kier alpha value is -1.23. The van der Waals surface area contributed by atoms with Crippen LogP contribution < -0.4 is 0 Å². The molecule has 1 fully saturated rings.